The van der Waals surface area contributed by atoms with Crippen LogP contribution < -0.4 is 15.6 Å². The predicted molar refractivity (Wildman–Crippen MR) is 144 cm³/mol. The van der Waals surface area contributed by atoms with E-state index in [0.29, 0.717) is 23.9 Å². The van der Waals surface area contributed by atoms with Crippen LogP contribution in [0.1, 0.15) is 28.7 Å². The molecule has 0 aliphatic heterocycles. The third kappa shape index (κ3) is 8.95. The van der Waals surface area contributed by atoms with Gasteiger partial charge < -0.3 is 25.4 Å². The van der Waals surface area contributed by atoms with Gasteiger partial charge in [0, 0.05) is 29.5 Å². The number of carboxylic acid groups (broad SMARTS) is 1. The van der Waals surface area contributed by atoms with Crippen LogP contribution >= 0.6 is 11.6 Å². The lowest BCUT2D eigenvalue weighted by molar-refractivity contribution is -0.192. The third-order valence-corrected chi connectivity index (χ3v) is 6.23. The van der Waals surface area contributed by atoms with Gasteiger partial charge in [0.2, 0.25) is 0 Å². The number of aromatic nitrogens is 1. The van der Waals surface area contributed by atoms with E-state index < -0.39 is 12.1 Å². The Morgan fingerprint density at radius 3 is 2.27 bits per heavy atom. The second kappa shape index (κ2) is 14.1. The molecule has 0 bridgehead atoms. The normalized spacial score (nSPS) is 12.7. The first-order valence-corrected chi connectivity index (χ1v) is 12.6. The Hall–Kier alpha value is -3.64. The number of nitrogens with zero attached hydrogens (tertiary/aromatic N) is 1. The summed E-state index contributed by atoms with van der Waals surface area (Å²) in [4.78, 5) is 21.6. The number of aliphatic hydroxyl groups is 2. The first-order chi connectivity index (χ1) is 19.0. The van der Waals surface area contributed by atoms with E-state index in [1.807, 2.05) is 36.4 Å². The summed E-state index contributed by atoms with van der Waals surface area (Å²) in [5.74, 6) is -2.23. The van der Waals surface area contributed by atoms with Gasteiger partial charge in [0.15, 0.2) is 0 Å². The van der Waals surface area contributed by atoms with Crippen molar-refractivity contribution in [2.45, 2.75) is 38.2 Å². The number of aliphatic hydroxyl groups excluding tert-OH is 2. The number of carbonyl (C=O) groups is 1. The number of fused-ring (bicyclic) bond motifs is 1. The number of hydrogen-bond donors (Lipinski definition) is 4. The zero-order chi connectivity index (χ0) is 29.3. The van der Waals surface area contributed by atoms with Gasteiger partial charge in [-0.2, -0.15) is 13.2 Å². The lowest BCUT2D eigenvalue weighted by atomic mass is 9.93. The molecule has 1 heterocycles. The Morgan fingerprint density at radius 2 is 1.68 bits per heavy atom. The van der Waals surface area contributed by atoms with Gasteiger partial charge in [0.05, 0.1) is 19.3 Å². The van der Waals surface area contributed by atoms with Gasteiger partial charge in [-0.15, -0.1) is 0 Å². The molecular formula is C28H28ClF3N2O6. The zero-order valence-corrected chi connectivity index (χ0v) is 22.0. The van der Waals surface area contributed by atoms with Gasteiger partial charge in [-0.05, 0) is 59.4 Å². The summed E-state index contributed by atoms with van der Waals surface area (Å²) < 4.78 is 39.2. The van der Waals surface area contributed by atoms with Crippen molar-refractivity contribution in [3.63, 3.8) is 0 Å². The lowest BCUT2D eigenvalue weighted by Gasteiger charge is -2.20. The molecule has 0 atom stereocenters. The quantitative estimate of drug-likeness (QED) is 0.301. The minimum Gasteiger partial charge on any atom is -0.489 e. The molecule has 1 aliphatic rings. The number of rotatable bonds is 9. The van der Waals surface area contributed by atoms with Crippen LogP contribution in [0.3, 0.4) is 0 Å². The van der Waals surface area contributed by atoms with E-state index in [-0.39, 0.29) is 24.8 Å². The molecule has 0 spiro atoms. The van der Waals surface area contributed by atoms with Crippen LogP contribution in [0.5, 0.6) is 5.75 Å². The fraction of sp³-hybridized carbons (Fsp3) is 0.286. The highest BCUT2D eigenvalue weighted by Crippen LogP contribution is 2.27. The average Bonchev–Trinajstić information content (AvgIpc) is 2.93. The van der Waals surface area contributed by atoms with Crippen LogP contribution in [0.2, 0.25) is 5.02 Å². The molecule has 8 nitrogen and oxygen atoms in total. The van der Waals surface area contributed by atoms with Crippen LogP contribution in [0.15, 0.2) is 65.6 Å². The van der Waals surface area contributed by atoms with Crippen LogP contribution in [0, 0.1) is 0 Å². The molecular weight excluding hydrogens is 553 g/mol. The summed E-state index contributed by atoms with van der Waals surface area (Å²) in [6.07, 6.45) is 0.318. The Labute approximate surface area is 232 Å². The highest BCUT2D eigenvalue weighted by Gasteiger charge is 2.38. The summed E-state index contributed by atoms with van der Waals surface area (Å²) in [7, 11) is 0. The molecule has 0 fully saturated rings. The van der Waals surface area contributed by atoms with Crippen molar-refractivity contribution in [2.75, 3.05) is 13.2 Å². The first kappa shape index (κ1) is 30.9. The van der Waals surface area contributed by atoms with Crippen molar-refractivity contribution in [3.05, 3.63) is 98.4 Å². The number of halogens is 4. The summed E-state index contributed by atoms with van der Waals surface area (Å²) in [6, 6.07) is 16.6. The van der Waals surface area contributed by atoms with E-state index in [9.17, 15) is 28.2 Å². The highest BCUT2D eigenvalue weighted by atomic mass is 35.5. The number of hydrogen-bond acceptors (Lipinski definition) is 6. The Balaban J connectivity index is 0.000000559. The van der Waals surface area contributed by atoms with Gasteiger partial charge in [0.1, 0.15) is 12.4 Å². The van der Waals surface area contributed by atoms with Gasteiger partial charge in [-0.3, -0.25) is 9.36 Å². The molecule has 1 aliphatic carbocycles. The van der Waals surface area contributed by atoms with E-state index in [4.69, 9.17) is 26.2 Å². The largest absolute Gasteiger partial charge is 0.490 e. The number of alkyl halides is 3. The van der Waals surface area contributed by atoms with E-state index in [2.05, 4.69) is 17.5 Å². The predicted octanol–water partition coefficient (Wildman–Crippen LogP) is 4.10. The smallest absolute Gasteiger partial charge is 0.489 e. The van der Waals surface area contributed by atoms with Crippen molar-refractivity contribution >= 4 is 29.3 Å². The molecule has 2 aromatic carbocycles. The number of pyridine rings is 1. The molecule has 0 radical (unpaired) electrons. The second-order valence-electron chi connectivity index (χ2n) is 8.90. The Morgan fingerprint density at radius 1 is 1.02 bits per heavy atom. The molecule has 4 rings (SSSR count). The van der Waals surface area contributed by atoms with Crippen LogP contribution in [0.25, 0.3) is 11.8 Å². The average molecular weight is 581 g/mol. The summed E-state index contributed by atoms with van der Waals surface area (Å²) in [6.45, 7) is 0.734. The van der Waals surface area contributed by atoms with Crippen LogP contribution in [-0.4, -0.2) is 51.3 Å². The fourth-order valence-corrected chi connectivity index (χ4v) is 3.94. The van der Waals surface area contributed by atoms with E-state index in [0.717, 1.165) is 35.2 Å². The standard InChI is InChI=1S/C26H27ClN2O4.C2HF3O2/c27-22-6-2-18(3-7-22)17-33-25-9-10-29(26(32)13-25)24-8-5-20-11-19(1-4-21(20)12-24)14-28-23(15-30)16-31;3-2(4,5)1(6)7/h1-4,6-7,9-13,23,28,30-31H,5,8,14-17H2;(H,6,7). The van der Waals surface area contributed by atoms with Crippen molar-refractivity contribution in [2.24, 2.45) is 0 Å². The number of aliphatic carboxylic acids is 1. The molecule has 214 valence electrons. The van der Waals surface area contributed by atoms with E-state index in [1.165, 1.54) is 11.6 Å². The molecule has 1 aromatic heterocycles. The summed E-state index contributed by atoms with van der Waals surface area (Å²) in [5, 5.41) is 29.3. The Kier molecular flexibility index (Phi) is 10.9. The molecule has 4 N–H and O–H groups in total. The number of aryl methyl sites for hydroxylation is 1. The topological polar surface area (TPSA) is 121 Å². The first-order valence-electron chi connectivity index (χ1n) is 12.2. The number of nitrogens with one attached hydrogen (secondary N) is 1. The SMILES string of the molecule is O=C(O)C(F)(F)F.O=c1cc(OCc2ccc(Cl)cc2)ccn1C1=Cc2ccc(CNC(CO)CO)cc2CC1. The fourth-order valence-electron chi connectivity index (χ4n) is 3.81. The maximum Gasteiger partial charge on any atom is 0.490 e. The second-order valence-corrected chi connectivity index (χ2v) is 9.34. The van der Waals surface area contributed by atoms with Crippen molar-refractivity contribution in [3.8, 4) is 5.75 Å². The Bertz CT molecular complexity index is 1390. The van der Waals surface area contributed by atoms with Gasteiger partial charge in [-0.1, -0.05) is 41.9 Å². The summed E-state index contributed by atoms with van der Waals surface area (Å²) in [5.41, 5.74) is 5.21. The van der Waals surface area contributed by atoms with Crippen molar-refractivity contribution < 1.29 is 38.0 Å². The number of carboxylic acids is 1. The van der Waals surface area contributed by atoms with Gasteiger partial charge in [-0.25, -0.2) is 4.79 Å². The van der Waals surface area contributed by atoms with E-state index >= 15 is 0 Å². The number of allylic oxidation sites excluding steroid dienone is 1. The van der Waals surface area contributed by atoms with E-state index in [1.54, 1.807) is 16.8 Å². The van der Waals surface area contributed by atoms with Crippen LogP contribution in [-0.2, 0) is 24.4 Å². The molecule has 0 unspecified atom stereocenters. The maximum atomic E-state index is 12.7. The van der Waals surface area contributed by atoms with Crippen molar-refractivity contribution in [1.29, 1.82) is 0 Å². The third-order valence-electron chi connectivity index (χ3n) is 5.98. The molecule has 40 heavy (non-hydrogen) atoms. The number of ether oxygens (including phenoxy) is 1. The van der Waals surface area contributed by atoms with Gasteiger partial charge in [0.25, 0.3) is 5.56 Å². The summed E-state index contributed by atoms with van der Waals surface area (Å²) >= 11 is 5.91. The minimum absolute atomic E-state index is 0.104. The monoisotopic (exact) mass is 580 g/mol. The minimum atomic E-state index is -5.08. The molecule has 0 saturated heterocycles. The number of benzene rings is 2. The molecule has 3 aromatic rings. The molecule has 0 saturated carbocycles. The van der Waals surface area contributed by atoms with Crippen molar-refractivity contribution in [1.82, 2.24) is 9.88 Å². The maximum absolute atomic E-state index is 12.7. The van der Waals surface area contributed by atoms with Gasteiger partial charge >= 0.3 is 12.1 Å². The highest BCUT2D eigenvalue weighted by molar-refractivity contribution is 6.30. The molecule has 12 heteroatoms. The lowest BCUT2D eigenvalue weighted by Crippen LogP contribution is -2.35. The zero-order valence-electron chi connectivity index (χ0n) is 21.2. The van der Waals surface area contributed by atoms with Crippen LogP contribution in [0.4, 0.5) is 13.2 Å². The molecule has 0 amide bonds.